The van der Waals surface area contributed by atoms with E-state index in [0.29, 0.717) is 29.4 Å². The monoisotopic (exact) mass is 479 g/mol. The van der Waals surface area contributed by atoms with E-state index in [9.17, 15) is 5.11 Å². The van der Waals surface area contributed by atoms with Crippen LogP contribution in [0.5, 0.6) is 17.2 Å². The molecule has 3 aromatic rings. The fraction of sp³-hybridized carbons (Fsp3) is 0.481. The second kappa shape index (κ2) is 11.4. The van der Waals surface area contributed by atoms with Crippen LogP contribution in [0, 0.1) is 5.92 Å². The Kier molecular flexibility index (Phi) is 8.13. The number of anilines is 2. The summed E-state index contributed by atoms with van der Waals surface area (Å²) >= 11 is 0. The van der Waals surface area contributed by atoms with Gasteiger partial charge in [-0.3, -0.25) is 0 Å². The van der Waals surface area contributed by atoms with Gasteiger partial charge in [-0.15, -0.1) is 0 Å². The van der Waals surface area contributed by atoms with Crippen molar-refractivity contribution in [1.29, 1.82) is 0 Å². The first-order chi connectivity index (χ1) is 17.0. The SMILES string of the molecule is COc1cc(CCNCC2CCC(Nc3nc(N(C)C)c4ccccc4n3)CC2)cc(OC)c1O. The molecule has 0 amide bonds. The molecule has 35 heavy (non-hydrogen) atoms. The molecule has 1 fully saturated rings. The molecule has 1 aliphatic rings. The van der Waals surface area contributed by atoms with Gasteiger partial charge >= 0.3 is 0 Å². The Bertz CT molecular complexity index is 1100. The maximum absolute atomic E-state index is 10.1. The molecule has 0 spiro atoms. The number of nitrogens with one attached hydrogen (secondary N) is 2. The third-order valence-electron chi connectivity index (χ3n) is 6.75. The molecule has 1 heterocycles. The largest absolute Gasteiger partial charge is 0.502 e. The van der Waals surface area contributed by atoms with Gasteiger partial charge in [0, 0.05) is 25.5 Å². The number of hydrogen-bond donors (Lipinski definition) is 3. The number of fused-ring (bicyclic) bond motifs is 1. The van der Waals surface area contributed by atoms with Gasteiger partial charge in [0.1, 0.15) is 5.82 Å². The summed E-state index contributed by atoms with van der Waals surface area (Å²) in [6.07, 6.45) is 5.44. The number of methoxy groups -OCH3 is 2. The molecule has 8 nitrogen and oxygen atoms in total. The second-order valence-corrected chi connectivity index (χ2v) is 9.45. The predicted octanol–water partition coefficient (Wildman–Crippen LogP) is 4.22. The molecule has 4 rings (SSSR count). The Hall–Kier alpha value is -3.26. The number of phenols is 1. The van der Waals surface area contributed by atoms with Crippen LogP contribution >= 0.6 is 0 Å². The zero-order chi connectivity index (χ0) is 24.8. The van der Waals surface area contributed by atoms with Gasteiger partial charge < -0.3 is 30.1 Å². The molecule has 0 unspecified atom stereocenters. The van der Waals surface area contributed by atoms with Crippen LogP contribution in [0.1, 0.15) is 31.2 Å². The smallest absolute Gasteiger partial charge is 0.225 e. The van der Waals surface area contributed by atoms with Gasteiger partial charge in [-0.2, -0.15) is 4.98 Å². The molecule has 1 aromatic heterocycles. The van der Waals surface area contributed by atoms with Gasteiger partial charge in [0.2, 0.25) is 11.7 Å². The number of hydrogen-bond acceptors (Lipinski definition) is 8. The molecule has 0 atom stereocenters. The number of phenolic OH excluding ortho intramolecular Hbond substituents is 1. The summed E-state index contributed by atoms with van der Waals surface area (Å²) in [5.74, 6) is 3.26. The highest BCUT2D eigenvalue weighted by atomic mass is 16.5. The standard InChI is InChI=1S/C27H37N5O3/c1-32(2)26-21-7-5-6-8-22(21)30-27(31-26)29-20-11-9-18(10-12-20)17-28-14-13-19-15-23(34-3)25(33)24(16-19)35-4/h5-8,15-16,18,20,28,33H,9-14,17H2,1-4H3,(H,29,30,31). The van der Waals surface area contributed by atoms with E-state index in [2.05, 4.69) is 16.7 Å². The van der Waals surface area contributed by atoms with Gasteiger partial charge in [-0.25, -0.2) is 4.98 Å². The second-order valence-electron chi connectivity index (χ2n) is 9.45. The van der Waals surface area contributed by atoms with Crippen LogP contribution in [-0.2, 0) is 6.42 Å². The van der Waals surface area contributed by atoms with Crippen LogP contribution in [0.2, 0.25) is 0 Å². The van der Waals surface area contributed by atoms with Crippen molar-refractivity contribution in [3.05, 3.63) is 42.0 Å². The van der Waals surface area contributed by atoms with E-state index >= 15 is 0 Å². The Morgan fingerprint density at radius 1 is 1.00 bits per heavy atom. The number of aromatic nitrogens is 2. The Labute approximate surface area is 207 Å². The predicted molar refractivity (Wildman–Crippen MR) is 141 cm³/mol. The first-order valence-corrected chi connectivity index (χ1v) is 12.3. The van der Waals surface area contributed by atoms with Crippen LogP contribution in [0.15, 0.2) is 36.4 Å². The molecule has 3 N–H and O–H groups in total. The third kappa shape index (κ3) is 6.06. The number of para-hydroxylation sites is 1. The topological polar surface area (TPSA) is 91.8 Å². The molecule has 1 aliphatic carbocycles. The number of ether oxygens (including phenoxy) is 2. The highest BCUT2D eigenvalue weighted by Gasteiger charge is 2.22. The summed E-state index contributed by atoms with van der Waals surface area (Å²) < 4.78 is 10.5. The van der Waals surface area contributed by atoms with Gasteiger partial charge in [0.25, 0.3) is 0 Å². The average molecular weight is 480 g/mol. The molecule has 1 saturated carbocycles. The third-order valence-corrected chi connectivity index (χ3v) is 6.75. The first kappa shape index (κ1) is 24.9. The van der Waals surface area contributed by atoms with E-state index in [0.717, 1.165) is 54.6 Å². The van der Waals surface area contributed by atoms with E-state index in [1.807, 2.05) is 49.3 Å². The van der Waals surface area contributed by atoms with Gasteiger partial charge in [0.05, 0.1) is 19.7 Å². The van der Waals surface area contributed by atoms with Crippen LogP contribution in [-0.4, -0.2) is 62.5 Å². The van der Waals surface area contributed by atoms with E-state index in [1.165, 1.54) is 12.8 Å². The lowest BCUT2D eigenvalue weighted by Crippen LogP contribution is -2.32. The lowest BCUT2D eigenvalue weighted by atomic mass is 9.86. The quantitative estimate of drug-likeness (QED) is 0.372. The minimum Gasteiger partial charge on any atom is -0.502 e. The van der Waals surface area contributed by atoms with E-state index < -0.39 is 0 Å². The van der Waals surface area contributed by atoms with E-state index in [1.54, 1.807) is 14.2 Å². The summed E-state index contributed by atoms with van der Waals surface area (Å²) in [5, 5.41) is 18.3. The molecule has 0 radical (unpaired) electrons. The summed E-state index contributed by atoms with van der Waals surface area (Å²) in [4.78, 5) is 11.6. The van der Waals surface area contributed by atoms with Crippen molar-refractivity contribution in [2.75, 3.05) is 51.6 Å². The number of rotatable bonds is 10. The summed E-state index contributed by atoms with van der Waals surface area (Å²) in [5.41, 5.74) is 2.04. The zero-order valence-electron chi connectivity index (χ0n) is 21.2. The molecule has 0 saturated heterocycles. The Morgan fingerprint density at radius 2 is 1.69 bits per heavy atom. The lowest BCUT2D eigenvalue weighted by Gasteiger charge is -2.29. The summed E-state index contributed by atoms with van der Waals surface area (Å²) in [6, 6.07) is 12.3. The fourth-order valence-electron chi connectivity index (χ4n) is 4.79. The molecule has 8 heteroatoms. The Balaban J connectivity index is 1.24. The maximum atomic E-state index is 10.1. The first-order valence-electron chi connectivity index (χ1n) is 12.3. The average Bonchev–Trinajstić information content (AvgIpc) is 2.87. The van der Waals surface area contributed by atoms with Crippen LogP contribution in [0.3, 0.4) is 0 Å². The van der Waals surface area contributed by atoms with E-state index in [4.69, 9.17) is 19.4 Å². The van der Waals surface area contributed by atoms with Crippen molar-refractivity contribution in [2.24, 2.45) is 5.92 Å². The minimum absolute atomic E-state index is 0.0455. The van der Waals surface area contributed by atoms with E-state index in [-0.39, 0.29) is 5.75 Å². The molecular weight excluding hydrogens is 442 g/mol. The van der Waals surface area contributed by atoms with Gasteiger partial charge in [0.15, 0.2) is 11.5 Å². The number of aromatic hydroxyl groups is 1. The minimum atomic E-state index is 0.0455. The molecule has 2 aromatic carbocycles. The highest BCUT2D eigenvalue weighted by molar-refractivity contribution is 5.90. The van der Waals surface area contributed by atoms with Gasteiger partial charge in [-0.1, -0.05) is 12.1 Å². The Morgan fingerprint density at radius 3 is 2.34 bits per heavy atom. The van der Waals surface area contributed by atoms with Crippen molar-refractivity contribution in [2.45, 2.75) is 38.1 Å². The number of benzene rings is 2. The van der Waals surface area contributed by atoms with Crippen LogP contribution in [0.4, 0.5) is 11.8 Å². The highest BCUT2D eigenvalue weighted by Crippen LogP contribution is 2.37. The maximum Gasteiger partial charge on any atom is 0.225 e. The van der Waals surface area contributed by atoms with Crippen LogP contribution in [0.25, 0.3) is 10.9 Å². The molecule has 188 valence electrons. The van der Waals surface area contributed by atoms with Crippen molar-refractivity contribution in [3.63, 3.8) is 0 Å². The zero-order valence-corrected chi connectivity index (χ0v) is 21.2. The van der Waals surface area contributed by atoms with Crippen molar-refractivity contribution in [3.8, 4) is 17.2 Å². The van der Waals surface area contributed by atoms with Gasteiger partial charge in [-0.05, 0) is 80.9 Å². The van der Waals surface area contributed by atoms with Crippen molar-refractivity contribution < 1.29 is 14.6 Å². The normalized spacial score (nSPS) is 17.8. The molecule has 0 aliphatic heterocycles. The molecular formula is C27H37N5O3. The number of nitrogens with zero attached hydrogens (tertiary/aromatic N) is 3. The van der Waals surface area contributed by atoms with Crippen LogP contribution < -0.4 is 25.0 Å². The molecule has 0 bridgehead atoms. The fourth-order valence-corrected chi connectivity index (χ4v) is 4.79. The van der Waals surface area contributed by atoms with Crippen molar-refractivity contribution >= 4 is 22.7 Å². The summed E-state index contributed by atoms with van der Waals surface area (Å²) in [7, 11) is 7.14. The van der Waals surface area contributed by atoms with Crippen molar-refractivity contribution in [1.82, 2.24) is 15.3 Å². The lowest BCUT2D eigenvalue weighted by molar-refractivity contribution is 0.324. The summed E-state index contributed by atoms with van der Waals surface area (Å²) in [6.45, 7) is 1.88.